The molecule has 4 aromatic carbocycles. The Hall–Kier alpha value is -3.73. The number of aryl methyl sites for hydroxylation is 6. The molecule has 1 heterocycles. The summed E-state index contributed by atoms with van der Waals surface area (Å²) in [4.78, 5) is 0. The molecule has 0 aliphatic heterocycles. The molecule has 0 bridgehead atoms. The second-order valence-electron chi connectivity index (χ2n) is 12.5. The zero-order valence-electron chi connectivity index (χ0n) is 29.6. The van der Waals surface area contributed by atoms with Gasteiger partial charge < -0.3 is 10.6 Å². The number of aromatic nitrogens is 3. The molecule has 0 amide bonds. The van der Waals surface area contributed by atoms with E-state index in [0.29, 0.717) is 12.6 Å². The Morgan fingerprint density at radius 3 is 1.77 bits per heavy atom. The summed E-state index contributed by atoms with van der Waals surface area (Å²) in [5.41, 5.74) is 16.3. The first-order valence-electron chi connectivity index (χ1n) is 16.1. The molecule has 0 fully saturated rings. The van der Waals surface area contributed by atoms with Crippen LogP contribution in [0.4, 0.5) is 0 Å². The normalized spacial score (nSPS) is 11.7. The minimum Gasteiger partial charge on any atom is -0.691 e. The van der Waals surface area contributed by atoms with Crippen LogP contribution in [0.15, 0.2) is 96.8 Å². The summed E-state index contributed by atoms with van der Waals surface area (Å²) in [7, 11) is 3.60. The Morgan fingerprint density at radius 1 is 0.787 bits per heavy atom. The van der Waals surface area contributed by atoms with Crippen molar-refractivity contribution in [2.24, 2.45) is 0 Å². The summed E-state index contributed by atoms with van der Waals surface area (Å²) >= 11 is 0. The van der Waals surface area contributed by atoms with Crippen molar-refractivity contribution in [2.45, 2.75) is 68.0 Å². The number of benzene rings is 4. The van der Waals surface area contributed by atoms with Crippen molar-refractivity contribution in [3.05, 3.63) is 146 Å². The molecular weight excluding hydrogens is 756 g/mol. The minimum atomic E-state index is 0. The molecule has 0 saturated carbocycles. The smallest absolute Gasteiger partial charge is 0.691 e. The molecule has 1 atom stereocenters. The van der Waals surface area contributed by atoms with Gasteiger partial charge in [0.05, 0.1) is 12.7 Å². The van der Waals surface area contributed by atoms with E-state index in [1.807, 2.05) is 43.9 Å². The number of hydrogen-bond donors (Lipinski definition) is 0. The third-order valence-corrected chi connectivity index (χ3v) is 8.56. The van der Waals surface area contributed by atoms with Crippen molar-refractivity contribution in [3.63, 3.8) is 0 Å². The fourth-order valence-corrected chi connectivity index (χ4v) is 6.39. The van der Waals surface area contributed by atoms with E-state index in [4.69, 9.17) is 0 Å². The first-order chi connectivity index (χ1) is 22.0. The number of allylic oxidation sites excluding steroid dienone is 1. The van der Waals surface area contributed by atoms with Gasteiger partial charge >= 0.3 is 21.1 Å². The van der Waals surface area contributed by atoms with Gasteiger partial charge in [0.1, 0.15) is 5.69 Å². The standard InChI is InChI=1S/C33H34BN3.C7H14N2.Pt/c1-22-16-24(3)32(25(4)17-22)34(33-26(5)18-23(2)19-27(33)6)30-14-12-29(13-15-30)31-21-37(36-35-31)20-28-10-8-7-9-11-28;1-6(8-3)5-7(2)9-4;/h7-19,21H,20H2,1-6H3;5-6H,1-4H3;/q;-2;+2/b;7-5-;. The molecule has 5 rings (SSSR count). The summed E-state index contributed by atoms with van der Waals surface area (Å²) in [6.07, 6.45) is 4.06. The third-order valence-electron chi connectivity index (χ3n) is 8.56. The molecule has 0 radical (unpaired) electrons. The Bertz CT molecular complexity index is 1670. The van der Waals surface area contributed by atoms with E-state index < -0.39 is 0 Å². The maximum absolute atomic E-state index is 4.46. The maximum Gasteiger partial charge on any atom is 2.00 e. The van der Waals surface area contributed by atoms with Crippen molar-refractivity contribution in [3.8, 4) is 11.3 Å². The monoisotopic (exact) mass is 804 g/mol. The van der Waals surface area contributed by atoms with Crippen LogP contribution >= 0.6 is 0 Å². The van der Waals surface area contributed by atoms with Gasteiger partial charge in [0.25, 0.3) is 0 Å². The number of likely N-dealkylation sites (N-methyl/N-ethyl adjacent to an activating group) is 1. The molecule has 1 aromatic heterocycles. The Kier molecular flexibility index (Phi) is 14.0. The second kappa shape index (κ2) is 17.4. The molecule has 0 aliphatic rings. The van der Waals surface area contributed by atoms with Crippen LogP contribution in [-0.2, 0) is 27.6 Å². The number of nitrogens with zero attached hydrogens (tertiary/aromatic N) is 5. The molecule has 5 aromatic rings. The fraction of sp³-hybridized carbons (Fsp3) is 0.300. The largest absolute Gasteiger partial charge is 2.00 e. The predicted molar refractivity (Wildman–Crippen MR) is 199 cm³/mol. The van der Waals surface area contributed by atoms with Crippen LogP contribution in [-0.4, -0.2) is 41.8 Å². The van der Waals surface area contributed by atoms with Crippen molar-refractivity contribution in [1.29, 1.82) is 0 Å². The molecule has 0 spiro atoms. The quantitative estimate of drug-likeness (QED) is 0.144. The van der Waals surface area contributed by atoms with Gasteiger partial charge in [-0.1, -0.05) is 148 Å². The van der Waals surface area contributed by atoms with Gasteiger partial charge in [0.2, 0.25) is 6.71 Å². The van der Waals surface area contributed by atoms with Crippen molar-refractivity contribution < 1.29 is 21.1 Å². The van der Waals surface area contributed by atoms with E-state index in [1.165, 1.54) is 55.3 Å². The first kappa shape index (κ1) is 37.7. The van der Waals surface area contributed by atoms with Crippen molar-refractivity contribution >= 4 is 23.1 Å². The van der Waals surface area contributed by atoms with Gasteiger partial charge in [-0.05, 0) is 47.1 Å². The summed E-state index contributed by atoms with van der Waals surface area (Å²) < 4.78 is 1.90. The molecule has 246 valence electrons. The van der Waals surface area contributed by atoms with Gasteiger partial charge in [-0.15, -0.1) is 24.3 Å². The fourth-order valence-electron chi connectivity index (χ4n) is 6.39. The second-order valence-corrected chi connectivity index (χ2v) is 12.5. The SMILES string of the molecule is C[N-]/C(C)=C\C(C)[N-]C.Cc1cc(C)c(B(c2ccc(-c3cn(Cc4ccccc4)nn3)cc2)c2c(C)cc(C)cc2C)c(C)c1.[Pt+2]. The zero-order valence-corrected chi connectivity index (χ0v) is 31.8. The van der Waals surface area contributed by atoms with Gasteiger partial charge in [-0.2, -0.15) is 12.7 Å². The van der Waals surface area contributed by atoms with Crippen molar-refractivity contribution in [2.75, 3.05) is 14.1 Å². The van der Waals surface area contributed by atoms with E-state index in [2.05, 4.69) is 135 Å². The minimum absolute atomic E-state index is 0. The summed E-state index contributed by atoms with van der Waals surface area (Å²) in [6, 6.07) is 28.8. The van der Waals surface area contributed by atoms with Crippen LogP contribution in [0.2, 0.25) is 0 Å². The molecular formula is C40H48BN5Pt. The van der Waals surface area contributed by atoms with Gasteiger partial charge in [0, 0.05) is 5.56 Å². The topological polar surface area (TPSA) is 58.9 Å². The van der Waals surface area contributed by atoms with Gasteiger partial charge in [0.15, 0.2) is 0 Å². The van der Waals surface area contributed by atoms with E-state index in [1.54, 1.807) is 7.05 Å². The molecule has 47 heavy (non-hydrogen) atoms. The molecule has 0 aliphatic carbocycles. The van der Waals surface area contributed by atoms with Gasteiger partial charge in [-0.25, -0.2) is 4.68 Å². The van der Waals surface area contributed by atoms with Crippen LogP contribution in [0.25, 0.3) is 21.9 Å². The predicted octanol–water partition coefficient (Wildman–Crippen LogP) is 7.64. The molecule has 7 heteroatoms. The van der Waals surface area contributed by atoms with E-state index >= 15 is 0 Å². The average Bonchev–Trinajstić information content (AvgIpc) is 3.48. The molecule has 0 saturated heterocycles. The zero-order chi connectivity index (χ0) is 33.4. The molecule has 0 N–H and O–H groups in total. The van der Waals surface area contributed by atoms with Crippen LogP contribution in [0, 0.1) is 41.5 Å². The summed E-state index contributed by atoms with van der Waals surface area (Å²) in [5.74, 6) is 0. The molecule has 5 nitrogen and oxygen atoms in total. The third kappa shape index (κ3) is 9.89. The average molecular weight is 805 g/mol. The van der Waals surface area contributed by atoms with Crippen LogP contribution in [0.5, 0.6) is 0 Å². The van der Waals surface area contributed by atoms with Crippen molar-refractivity contribution in [1.82, 2.24) is 15.0 Å². The van der Waals surface area contributed by atoms with Crippen LogP contribution in [0.3, 0.4) is 0 Å². The Balaban J connectivity index is 0.000000528. The summed E-state index contributed by atoms with van der Waals surface area (Å²) in [5, 5.41) is 16.8. The Labute approximate surface area is 297 Å². The van der Waals surface area contributed by atoms with E-state index in [-0.39, 0.29) is 27.8 Å². The number of hydrogen-bond acceptors (Lipinski definition) is 2. The van der Waals surface area contributed by atoms with Crippen LogP contribution in [0.1, 0.15) is 52.8 Å². The Morgan fingerprint density at radius 2 is 1.30 bits per heavy atom. The summed E-state index contributed by atoms with van der Waals surface area (Å²) in [6.45, 7) is 18.3. The van der Waals surface area contributed by atoms with Gasteiger partial charge in [-0.3, -0.25) is 0 Å². The van der Waals surface area contributed by atoms with E-state index in [0.717, 1.165) is 17.0 Å². The number of rotatable bonds is 9. The molecule has 1 unspecified atom stereocenters. The first-order valence-corrected chi connectivity index (χ1v) is 16.1. The van der Waals surface area contributed by atoms with Crippen LogP contribution < -0.4 is 16.4 Å². The van der Waals surface area contributed by atoms with E-state index in [9.17, 15) is 0 Å². The maximum atomic E-state index is 4.46.